The summed E-state index contributed by atoms with van der Waals surface area (Å²) in [5, 5.41) is 44.5. The summed E-state index contributed by atoms with van der Waals surface area (Å²) in [6.07, 6.45) is 0. The van der Waals surface area contributed by atoms with E-state index in [0.717, 1.165) is 0 Å². The minimum Gasteiger partial charge on any atom is -0.592 e. The first-order valence-corrected chi connectivity index (χ1v) is 6.04. The molecule has 110 valence electrons. The molecule has 9 nitrogen and oxygen atoms in total. The fraction of sp³-hybridized carbons (Fsp3) is 0. The molecule has 1 aliphatic carbocycles. The van der Waals surface area contributed by atoms with E-state index in [0.29, 0.717) is 11.1 Å². The van der Waals surface area contributed by atoms with Crippen molar-refractivity contribution in [3.05, 3.63) is 57.9 Å². The Labute approximate surface area is 122 Å². The molecule has 0 unspecified atom stereocenters. The summed E-state index contributed by atoms with van der Waals surface area (Å²) in [4.78, 5) is 12.3. The third-order valence-corrected chi connectivity index (χ3v) is 3.39. The maximum atomic E-state index is 12.4. The number of hydrogen-bond donors (Lipinski definition) is 2. The van der Waals surface area contributed by atoms with Crippen molar-refractivity contribution in [2.45, 2.75) is 0 Å². The number of fused-ring (bicyclic) bond motifs is 3. The molecule has 0 aliphatic heterocycles. The van der Waals surface area contributed by atoms with Crippen molar-refractivity contribution in [3.8, 4) is 11.1 Å². The van der Waals surface area contributed by atoms with Crippen molar-refractivity contribution < 1.29 is 24.9 Å². The Hall–Kier alpha value is -3.49. The third kappa shape index (κ3) is 1.84. The fourth-order valence-electron chi connectivity index (χ4n) is 2.40. The molecular formula is C13H8N4O5. The van der Waals surface area contributed by atoms with E-state index in [2.05, 4.69) is 10.6 Å². The van der Waals surface area contributed by atoms with Gasteiger partial charge in [0.15, 0.2) is 5.78 Å². The van der Waals surface area contributed by atoms with Crippen LogP contribution in [0.5, 0.6) is 0 Å². The van der Waals surface area contributed by atoms with Gasteiger partial charge in [-0.15, -0.1) is 0 Å². The van der Waals surface area contributed by atoms with Crippen LogP contribution < -0.4 is 0 Å². The molecule has 2 aromatic carbocycles. The zero-order chi connectivity index (χ0) is 15.9. The molecule has 0 amide bonds. The van der Waals surface area contributed by atoms with E-state index in [4.69, 9.17) is 10.4 Å². The maximum Gasteiger partial charge on any atom is 0.249 e. The Morgan fingerprint density at radius 1 is 0.773 bits per heavy atom. The van der Waals surface area contributed by atoms with Crippen molar-refractivity contribution in [3.63, 3.8) is 0 Å². The molecule has 22 heavy (non-hydrogen) atoms. The molecule has 0 aromatic heterocycles. The molecular weight excluding hydrogens is 292 g/mol. The zero-order valence-corrected chi connectivity index (χ0v) is 10.9. The van der Waals surface area contributed by atoms with Crippen LogP contribution in [0.15, 0.2) is 47.0 Å². The van der Waals surface area contributed by atoms with Crippen molar-refractivity contribution in [1.29, 1.82) is 0 Å². The van der Waals surface area contributed by atoms with Gasteiger partial charge in [-0.25, -0.2) is 0 Å². The SMILES string of the molecule is O=C1c2cc([N+]([O-])=NO)ccc2-c2ccc([N+]([O-])=NO)cc21. The topological polar surface area (TPSA) is 134 Å². The molecule has 2 N–H and O–H groups in total. The van der Waals surface area contributed by atoms with E-state index in [-0.39, 0.29) is 38.0 Å². The number of nitrogens with zero attached hydrogens (tertiary/aromatic N) is 4. The van der Waals surface area contributed by atoms with Crippen LogP contribution in [-0.2, 0) is 0 Å². The molecule has 0 spiro atoms. The number of ketones is 1. The van der Waals surface area contributed by atoms with Crippen LogP contribution >= 0.6 is 0 Å². The van der Waals surface area contributed by atoms with E-state index in [1.54, 1.807) is 12.1 Å². The first kappa shape index (κ1) is 13.5. The molecule has 2 aromatic rings. The van der Waals surface area contributed by atoms with Crippen LogP contribution in [-0.4, -0.2) is 25.9 Å². The highest BCUT2D eigenvalue weighted by molar-refractivity contribution is 6.22. The van der Waals surface area contributed by atoms with Crippen molar-refractivity contribution in [1.82, 2.24) is 0 Å². The summed E-state index contributed by atoms with van der Waals surface area (Å²) < 4.78 is 0. The lowest BCUT2D eigenvalue weighted by Gasteiger charge is -2.01. The van der Waals surface area contributed by atoms with Gasteiger partial charge in [0.1, 0.15) is 0 Å². The van der Waals surface area contributed by atoms with Gasteiger partial charge < -0.3 is 20.8 Å². The number of carbonyl (C=O) groups is 1. The van der Waals surface area contributed by atoms with Crippen LogP contribution in [0.2, 0.25) is 0 Å². The predicted octanol–water partition coefficient (Wildman–Crippen LogP) is 2.86. The summed E-state index contributed by atoms with van der Waals surface area (Å²) in [7, 11) is 0. The number of carbonyl (C=O) groups excluding carboxylic acids is 1. The van der Waals surface area contributed by atoms with Gasteiger partial charge in [0.2, 0.25) is 21.9 Å². The summed E-state index contributed by atoms with van der Waals surface area (Å²) in [5.74, 6) is -0.383. The molecule has 0 atom stereocenters. The van der Waals surface area contributed by atoms with Crippen molar-refractivity contribution in [2.24, 2.45) is 10.6 Å². The van der Waals surface area contributed by atoms with Gasteiger partial charge >= 0.3 is 0 Å². The third-order valence-electron chi connectivity index (χ3n) is 3.39. The molecule has 0 saturated carbocycles. The summed E-state index contributed by atoms with van der Waals surface area (Å²) >= 11 is 0. The van der Waals surface area contributed by atoms with Crippen molar-refractivity contribution in [2.75, 3.05) is 0 Å². The molecule has 3 rings (SSSR count). The standard InChI is InChI=1S/C13H8N4O5/c18-13-11-5-7(16(21)14-19)1-3-9(11)10-4-2-8(6-12(10)13)17(22)15-20/h1-6,19-20H. The quantitative estimate of drug-likeness (QED) is 0.426. The van der Waals surface area contributed by atoms with Gasteiger partial charge in [-0.05, 0) is 33.0 Å². The van der Waals surface area contributed by atoms with E-state index in [9.17, 15) is 15.2 Å². The molecule has 1 aliphatic rings. The van der Waals surface area contributed by atoms with Gasteiger partial charge in [-0.2, -0.15) is 0 Å². The Bertz CT molecular complexity index is 790. The number of rotatable bonds is 2. The second-order valence-corrected chi connectivity index (χ2v) is 4.51. The van der Waals surface area contributed by atoms with Gasteiger partial charge in [0, 0.05) is 35.4 Å². The number of hydrogen-bond acceptors (Lipinski definition) is 5. The number of benzene rings is 2. The predicted molar refractivity (Wildman–Crippen MR) is 70.3 cm³/mol. The lowest BCUT2D eigenvalue weighted by atomic mass is 10.1. The fourth-order valence-corrected chi connectivity index (χ4v) is 2.40. The largest absolute Gasteiger partial charge is 0.592 e. The Balaban J connectivity index is 2.15. The molecule has 0 heterocycles. The Morgan fingerprint density at radius 3 is 1.55 bits per heavy atom. The Morgan fingerprint density at radius 2 is 1.18 bits per heavy atom. The molecule has 0 saturated heterocycles. The second kappa shape index (κ2) is 4.81. The van der Waals surface area contributed by atoms with Gasteiger partial charge in [-0.1, -0.05) is 0 Å². The average Bonchev–Trinajstić information content (AvgIpc) is 2.85. The van der Waals surface area contributed by atoms with Gasteiger partial charge in [-0.3, -0.25) is 4.79 Å². The van der Waals surface area contributed by atoms with E-state index >= 15 is 0 Å². The summed E-state index contributed by atoms with van der Waals surface area (Å²) in [5.41, 5.74) is 1.71. The van der Waals surface area contributed by atoms with Crippen molar-refractivity contribution >= 4 is 17.2 Å². The van der Waals surface area contributed by atoms with E-state index in [1.165, 1.54) is 24.3 Å². The first-order valence-electron chi connectivity index (χ1n) is 6.04. The monoisotopic (exact) mass is 300 g/mol. The summed E-state index contributed by atoms with van der Waals surface area (Å²) in [6.45, 7) is 0. The highest BCUT2D eigenvalue weighted by Gasteiger charge is 2.29. The van der Waals surface area contributed by atoms with Crippen LogP contribution in [0.3, 0.4) is 0 Å². The second-order valence-electron chi connectivity index (χ2n) is 4.51. The van der Waals surface area contributed by atoms with Gasteiger partial charge in [0.05, 0.1) is 0 Å². The Kier molecular flexibility index (Phi) is 2.95. The van der Waals surface area contributed by atoms with Crippen LogP contribution in [0.1, 0.15) is 15.9 Å². The molecule has 0 fully saturated rings. The maximum absolute atomic E-state index is 12.4. The highest BCUT2D eigenvalue weighted by atomic mass is 16.6. The lowest BCUT2D eigenvalue weighted by Crippen LogP contribution is -1.98. The highest BCUT2D eigenvalue weighted by Crippen LogP contribution is 2.39. The van der Waals surface area contributed by atoms with E-state index in [1.807, 2.05) is 0 Å². The minimum absolute atomic E-state index is 0.00145. The molecule has 9 heteroatoms. The van der Waals surface area contributed by atoms with E-state index < -0.39 is 0 Å². The van der Waals surface area contributed by atoms with Gasteiger partial charge in [0.25, 0.3) is 0 Å². The molecule has 0 radical (unpaired) electrons. The zero-order valence-electron chi connectivity index (χ0n) is 10.9. The smallest absolute Gasteiger partial charge is 0.249 e. The lowest BCUT2D eigenvalue weighted by molar-refractivity contribution is -0.474. The summed E-state index contributed by atoms with van der Waals surface area (Å²) in [6, 6.07) is 8.52. The normalized spacial score (nSPS) is 13.9. The first-order chi connectivity index (χ1) is 10.6. The molecule has 0 bridgehead atoms. The van der Waals surface area contributed by atoms with Crippen LogP contribution in [0, 0.1) is 10.4 Å². The van der Waals surface area contributed by atoms with Crippen LogP contribution in [0.25, 0.3) is 11.1 Å². The average molecular weight is 300 g/mol. The minimum atomic E-state index is -0.383. The van der Waals surface area contributed by atoms with Crippen LogP contribution in [0.4, 0.5) is 11.4 Å².